The van der Waals surface area contributed by atoms with Crippen molar-refractivity contribution < 1.29 is 4.74 Å². The molecule has 1 atom stereocenters. The summed E-state index contributed by atoms with van der Waals surface area (Å²) in [4.78, 5) is 9.68. The maximum atomic E-state index is 6.37. The predicted octanol–water partition coefficient (Wildman–Crippen LogP) is 4.39. The molecule has 1 aliphatic heterocycles. The molecule has 2 aromatic carbocycles. The molecule has 0 bridgehead atoms. The zero-order chi connectivity index (χ0) is 16.1. The fourth-order valence-corrected chi connectivity index (χ4v) is 3.51. The number of fused-ring (bicyclic) bond motifs is 2. The summed E-state index contributed by atoms with van der Waals surface area (Å²) in [5, 5.41) is 1.13. The van der Waals surface area contributed by atoms with Crippen LogP contribution < -0.4 is 4.74 Å². The van der Waals surface area contributed by atoms with Crippen LogP contribution in [0.5, 0.6) is 5.75 Å². The van der Waals surface area contributed by atoms with Crippen molar-refractivity contribution >= 4 is 16.6 Å². The van der Waals surface area contributed by atoms with E-state index in [-0.39, 0.29) is 11.6 Å². The van der Waals surface area contributed by atoms with Crippen molar-refractivity contribution in [2.24, 2.45) is 4.99 Å². The number of aromatic nitrogens is 1. The third-order valence-corrected chi connectivity index (χ3v) is 5.15. The van der Waals surface area contributed by atoms with Gasteiger partial charge < -0.3 is 4.74 Å². The molecule has 0 radical (unpaired) electrons. The van der Waals surface area contributed by atoms with E-state index in [1.165, 1.54) is 0 Å². The molecule has 3 heteroatoms. The van der Waals surface area contributed by atoms with E-state index in [2.05, 4.69) is 36.2 Å². The second kappa shape index (κ2) is 4.91. The van der Waals surface area contributed by atoms with Crippen LogP contribution >= 0.6 is 0 Å². The summed E-state index contributed by atoms with van der Waals surface area (Å²) in [7, 11) is 0. The van der Waals surface area contributed by atoms with Crippen LogP contribution in [0.1, 0.15) is 30.9 Å². The van der Waals surface area contributed by atoms with Crippen LogP contribution in [0.25, 0.3) is 10.9 Å². The number of aliphatic imine (C=N–C) groups is 1. The van der Waals surface area contributed by atoms with Gasteiger partial charge in [-0.15, -0.1) is 0 Å². The first kappa shape index (κ1) is 13.7. The van der Waals surface area contributed by atoms with Crippen molar-refractivity contribution in [2.75, 3.05) is 0 Å². The Balaban J connectivity index is 1.72. The number of ether oxygens (including phenoxy) is 1. The highest BCUT2D eigenvalue weighted by Gasteiger charge is 2.52. The van der Waals surface area contributed by atoms with Crippen LogP contribution in [0.2, 0.25) is 0 Å². The van der Waals surface area contributed by atoms with E-state index in [0.29, 0.717) is 0 Å². The Morgan fingerprint density at radius 3 is 2.71 bits per heavy atom. The molecular weight excluding hydrogens is 296 g/mol. The van der Waals surface area contributed by atoms with E-state index < -0.39 is 0 Å². The minimum Gasteiger partial charge on any atom is -0.484 e. The van der Waals surface area contributed by atoms with Gasteiger partial charge in [-0.1, -0.05) is 30.3 Å². The summed E-state index contributed by atoms with van der Waals surface area (Å²) in [5.41, 5.74) is 3.99. The van der Waals surface area contributed by atoms with Gasteiger partial charge in [-0.3, -0.25) is 9.98 Å². The van der Waals surface area contributed by atoms with Gasteiger partial charge in [0.1, 0.15) is 11.4 Å². The first-order chi connectivity index (χ1) is 11.8. The van der Waals surface area contributed by atoms with Crippen molar-refractivity contribution in [3.8, 4) is 5.75 Å². The molecule has 24 heavy (non-hydrogen) atoms. The van der Waals surface area contributed by atoms with E-state index >= 15 is 0 Å². The maximum Gasteiger partial charge on any atom is 0.131 e. The zero-order valence-electron chi connectivity index (χ0n) is 13.6. The Bertz CT molecular complexity index is 972. The van der Waals surface area contributed by atoms with Gasteiger partial charge >= 0.3 is 0 Å². The summed E-state index contributed by atoms with van der Waals surface area (Å²) in [6, 6.07) is 18.7. The number of pyridine rings is 1. The topological polar surface area (TPSA) is 34.5 Å². The van der Waals surface area contributed by atoms with Gasteiger partial charge in [-0.25, -0.2) is 0 Å². The minimum absolute atomic E-state index is 0.109. The van der Waals surface area contributed by atoms with Crippen molar-refractivity contribution in [1.29, 1.82) is 0 Å². The third kappa shape index (κ3) is 2.04. The molecule has 3 nitrogen and oxygen atoms in total. The SMILES string of the molecule is C[C@@H]1N=C(c2cnc3ccccc3c2)c2ccccc2OC12CC2. The fraction of sp³-hybridized carbons (Fsp3) is 0.238. The van der Waals surface area contributed by atoms with Crippen LogP contribution in [0.4, 0.5) is 0 Å². The molecule has 2 aliphatic rings. The summed E-state index contributed by atoms with van der Waals surface area (Å²) < 4.78 is 6.37. The molecule has 0 amide bonds. The number of nitrogens with zero attached hydrogens (tertiary/aromatic N) is 2. The van der Waals surface area contributed by atoms with Gasteiger partial charge in [0, 0.05) is 22.7 Å². The highest BCUT2D eigenvalue weighted by Crippen LogP contribution is 2.47. The molecule has 0 saturated heterocycles. The van der Waals surface area contributed by atoms with Gasteiger partial charge in [0.15, 0.2) is 0 Å². The Labute approximate surface area is 141 Å². The second-order valence-corrected chi connectivity index (χ2v) is 6.73. The van der Waals surface area contributed by atoms with Gasteiger partial charge in [0.2, 0.25) is 0 Å². The van der Waals surface area contributed by atoms with Crippen molar-refractivity contribution in [3.63, 3.8) is 0 Å². The third-order valence-electron chi connectivity index (χ3n) is 5.15. The summed E-state index contributed by atoms with van der Waals surface area (Å²) in [6.07, 6.45) is 4.08. The van der Waals surface area contributed by atoms with Crippen molar-refractivity contribution in [2.45, 2.75) is 31.4 Å². The molecular formula is C21H18N2O. The molecule has 2 heterocycles. The lowest BCUT2D eigenvalue weighted by Crippen LogP contribution is -2.29. The standard InChI is InChI=1S/C21H18N2O/c1-14-21(10-11-21)24-19-9-5-3-7-17(19)20(23-14)16-12-15-6-2-4-8-18(15)22-13-16/h2-9,12-14H,10-11H2,1H3/t14-/m0/s1. The second-order valence-electron chi connectivity index (χ2n) is 6.73. The molecule has 1 spiro atoms. The Morgan fingerprint density at radius 1 is 1.04 bits per heavy atom. The number of para-hydroxylation sites is 2. The Hall–Kier alpha value is -2.68. The van der Waals surface area contributed by atoms with Crippen molar-refractivity contribution in [3.05, 3.63) is 71.9 Å². The molecule has 3 aromatic rings. The quantitative estimate of drug-likeness (QED) is 0.668. The molecule has 1 saturated carbocycles. The first-order valence-corrected chi connectivity index (χ1v) is 8.47. The molecule has 118 valence electrons. The van der Waals surface area contributed by atoms with E-state index in [1.54, 1.807) is 0 Å². The maximum absolute atomic E-state index is 6.37. The fourth-order valence-electron chi connectivity index (χ4n) is 3.51. The Morgan fingerprint density at radius 2 is 1.83 bits per heavy atom. The Kier molecular flexibility index (Phi) is 2.81. The molecule has 0 unspecified atom stereocenters. The van der Waals surface area contributed by atoms with Gasteiger partial charge in [0.25, 0.3) is 0 Å². The first-order valence-electron chi connectivity index (χ1n) is 8.47. The summed E-state index contributed by atoms with van der Waals surface area (Å²) in [6.45, 7) is 2.16. The summed E-state index contributed by atoms with van der Waals surface area (Å²) >= 11 is 0. The van der Waals surface area contributed by atoms with E-state index in [9.17, 15) is 0 Å². The highest BCUT2D eigenvalue weighted by molar-refractivity contribution is 6.15. The van der Waals surface area contributed by atoms with Crippen molar-refractivity contribution in [1.82, 2.24) is 4.98 Å². The van der Waals surface area contributed by atoms with Gasteiger partial charge in [-0.05, 0) is 44.0 Å². The normalized spacial score (nSPS) is 20.9. The predicted molar refractivity (Wildman–Crippen MR) is 95.9 cm³/mol. The molecule has 1 aromatic heterocycles. The van der Waals surface area contributed by atoms with Gasteiger partial charge in [0.05, 0.1) is 17.3 Å². The smallest absolute Gasteiger partial charge is 0.131 e. The van der Waals surface area contributed by atoms with E-state index in [4.69, 9.17) is 9.73 Å². The van der Waals surface area contributed by atoms with E-state index in [0.717, 1.165) is 46.3 Å². The monoisotopic (exact) mass is 314 g/mol. The molecule has 1 fully saturated rings. The van der Waals surface area contributed by atoms with Gasteiger partial charge in [-0.2, -0.15) is 0 Å². The zero-order valence-corrected chi connectivity index (χ0v) is 13.6. The molecule has 5 rings (SSSR count). The van der Waals surface area contributed by atoms with Crippen LogP contribution in [-0.4, -0.2) is 22.3 Å². The van der Waals surface area contributed by atoms with E-state index in [1.807, 2.05) is 36.5 Å². The van der Waals surface area contributed by atoms with Crippen LogP contribution in [0, 0.1) is 0 Å². The number of benzene rings is 2. The lowest BCUT2D eigenvalue weighted by atomic mass is 10.0. The average Bonchev–Trinajstić information content (AvgIpc) is 3.42. The largest absolute Gasteiger partial charge is 0.484 e. The van der Waals surface area contributed by atoms with Crippen LogP contribution in [-0.2, 0) is 0 Å². The number of hydrogen-bond donors (Lipinski definition) is 0. The number of rotatable bonds is 1. The minimum atomic E-state index is -0.109. The average molecular weight is 314 g/mol. The number of hydrogen-bond acceptors (Lipinski definition) is 3. The van der Waals surface area contributed by atoms with Crippen LogP contribution in [0.15, 0.2) is 65.8 Å². The highest BCUT2D eigenvalue weighted by atomic mass is 16.5. The van der Waals surface area contributed by atoms with Crippen LogP contribution in [0.3, 0.4) is 0 Å². The molecule has 0 N–H and O–H groups in total. The summed E-state index contributed by atoms with van der Waals surface area (Å²) in [5.74, 6) is 0.936. The molecule has 1 aliphatic carbocycles. The lowest BCUT2D eigenvalue weighted by molar-refractivity contribution is 0.157. The lowest BCUT2D eigenvalue weighted by Gasteiger charge is -2.19.